The van der Waals surface area contributed by atoms with Crippen LogP contribution in [0.2, 0.25) is 5.21 Å². The predicted molar refractivity (Wildman–Crippen MR) is 67.9 cm³/mol. The number of hydrogen-bond donors (Lipinski definition) is 2. The first kappa shape index (κ1) is 14.5. The molecule has 0 atom stereocenters. The molecule has 5 nitrogen and oxygen atoms in total. The van der Waals surface area contributed by atoms with Gasteiger partial charge >= 0.3 is 114 Å². The Balaban J connectivity index is 2.64. The zero-order valence-electron chi connectivity index (χ0n) is 8.63. The van der Waals surface area contributed by atoms with Crippen LogP contribution in [-0.4, -0.2) is 40.8 Å². The van der Waals surface area contributed by atoms with Gasteiger partial charge in [-0.1, -0.05) is 0 Å². The summed E-state index contributed by atoms with van der Waals surface area (Å²) in [6.45, 7) is 0.166. The predicted octanol–water partition coefficient (Wildman–Crippen LogP) is 1.53. The van der Waals surface area contributed by atoms with E-state index in [1.807, 2.05) is 0 Å². The molecule has 1 amide bonds. The van der Waals surface area contributed by atoms with Gasteiger partial charge in [0.15, 0.2) is 0 Å². The van der Waals surface area contributed by atoms with Crippen molar-refractivity contribution in [3.63, 3.8) is 0 Å². The van der Waals surface area contributed by atoms with Crippen molar-refractivity contribution in [1.82, 2.24) is 5.32 Å². The third kappa shape index (κ3) is 4.69. The Hall–Kier alpha value is -0.522. The second kappa shape index (κ2) is 6.42. The summed E-state index contributed by atoms with van der Waals surface area (Å²) in [6, 6.07) is 6.61. The molecule has 0 bridgehead atoms. The number of carbonyl (C=O) groups is 1. The zero-order chi connectivity index (χ0) is 12.9. The Kier molecular flexibility index (Phi) is 5.49. The summed E-state index contributed by atoms with van der Waals surface area (Å²) in [5.74, 6) is 0. The van der Waals surface area contributed by atoms with Crippen LogP contribution in [0.3, 0.4) is 0 Å². The van der Waals surface area contributed by atoms with Crippen LogP contribution in [0.15, 0.2) is 33.6 Å². The first-order chi connectivity index (χ1) is 7.93. The van der Waals surface area contributed by atoms with Crippen molar-refractivity contribution in [2.24, 2.45) is 0 Å². The van der Waals surface area contributed by atoms with E-state index in [0.29, 0.717) is 9.68 Å². The third-order valence-corrected chi connectivity index (χ3v) is 9.15. The Bertz CT molecular complexity index is 505. The molecular weight excluding hydrogens is 373 g/mol. The molecule has 0 spiro atoms. The molecule has 1 rings (SSSR count). The van der Waals surface area contributed by atoms with Gasteiger partial charge in [-0.15, -0.1) is 0 Å². The summed E-state index contributed by atoms with van der Waals surface area (Å²) < 4.78 is 24.4. The number of nitrogens with one attached hydrogen (secondary N) is 1. The number of carboxylic acid groups (broad SMARTS) is 1. The normalized spacial score (nSPS) is 11.8. The molecule has 0 aliphatic heterocycles. The van der Waals surface area contributed by atoms with Crippen molar-refractivity contribution in [3.05, 3.63) is 28.7 Å². The minimum absolute atomic E-state index is 0.166. The van der Waals surface area contributed by atoms with E-state index in [9.17, 15) is 13.2 Å². The Morgan fingerprint density at radius 3 is 2.65 bits per heavy atom. The van der Waals surface area contributed by atoms with E-state index in [1.165, 1.54) is 0 Å². The average Bonchev–Trinajstić information content (AvgIpc) is 2.24. The monoisotopic (exact) mass is 382 g/mol. The number of amides is 1. The second-order valence-electron chi connectivity index (χ2n) is 2.99. The van der Waals surface area contributed by atoms with Crippen LogP contribution in [0, 0.1) is 0 Å². The van der Waals surface area contributed by atoms with Crippen molar-refractivity contribution >= 4 is 44.7 Å². The first-order valence-electron chi connectivity index (χ1n) is 4.58. The summed E-state index contributed by atoms with van der Waals surface area (Å²) in [5.41, 5.74) is 0. The summed E-state index contributed by atoms with van der Waals surface area (Å²) >= 11 is 2.21. The second-order valence-corrected chi connectivity index (χ2v) is 11.1. The van der Waals surface area contributed by atoms with E-state index in [1.54, 1.807) is 24.3 Å². The molecule has 0 heterocycles. The van der Waals surface area contributed by atoms with Gasteiger partial charge < -0.3 is 0 Å². The fourth-order valence-electron chi connectivity index (χ4n) is 1.05. The van der Waals surface area contributed by atoms with Gasteiger partial charge in [0.1, 0.15) is 0 Å². The number of benzene rings is 1. The Labute approximate surface area is 113 Å². The standard InChI is InChI=1S/C9H10AsBrNO4S/c11-7-3-1-2-4-8(7)17(15,16)10-5-6-12-9(13)14/h1-4,12H,5-6H2,(H,13,14). The zero-order valence-corrected chi connectivity index (χ0v) is 12.9. The Morgan fingerprint density at radius 2 is 2.06 bits per heavy atom. The fraction of sp³-hybridized carbons (Fsp3) is 0.222. The molecule has 8 heteroatoms. The number of rotatable bonds is 5. The molecule has 1 aromatic rings. The van der Waals surface area contributed by atoms with Gasteiger partial charge in [0.25, 0.3) is 0 Å². The van der Waals surface area contributed by atoms with Gasteiger partial charge in [-0.3, -0.25) is 0 Å². The maximum absolute atomic E-state index is 11.9. The van der Waals surface area contributed by atoms with Gasteiger partial charge in [0.2, 0.25) is 0 Å². The van der Waals surface area contributed by atoms with Gasteiger partial charge in [0, 0.05) is 0 Å². The molecule has 0 unspecified atom stereocenters. The molecule has 1 radical (unpaired) electrons. The van der Waals surface area contributed by atoms with Gasteiger partial charge in [-0.25, -0.2) is 0 Å². The van der Waals surface area contributed by atoms with E-state index in [2.05, 4.69) is 21.2 Å². The van der Waals surface area contributed by atoms with Crippen LogP contribution >= 0.6 is 15.9 Å². The molecule has 0 fully saturated rings. The maximum atomic E-state index is 11.9. The topological polar surface area (TPSA) is 83.5 Å². The fourth-order valence-corrected chi connectivity index (χ4v) is 8.03. The Morgan fingerprint density at radius 1 is 1.41 bits per heavy atom. The van der Waals surface area contributed by atoms with Crippen molar-refractivity contribution in [3.8, 4) is 0 Å². The summed E-state index contributed by atoms with van der Waals surface area (Å²) in [6.07, 6.45) is -1.13. The van der Waals surface area contributed by atoms with Crippen molar-refractivity contribution < 1.29 is 18.3 Å². The summed E-state index contributed by atoms with van der Waals surface area (Å²) in [4.78, 5) is 10.5. The molecule has 93 valence electrons. The van der Waals surface area contributed by atoms with E-state index in [-0.39, 0.29) is 11.4 Å². The van der Waals surface area contributed by atoms with Gasteiger partial charge in [-0.2, -0.15) is 0 Å². The van der Waals surface area contributed by atoms with Gasteiger partial charge in [-0.05, 0) is 0 Å². The molecular formula is C9H10AsBrNO4S. The molecule has 1 aromatic carbocycles. The van der Waals surface area contributed by atoms with Crippen LogP contribution in [0.5, 0.6) is 0 Å². The molecule has 0 aliphatic carbocycles. The van der Waals surface area contributed by atoms with Crippen molar-refractivity contribution in [2.45, 2.75) is 10.1 Å². The summed E-state index contributed by atoms with van der Waals surface area (Å²) in [7, 11) is -3.27. The van der Waals surface area contributed by atoms with Crippen LogP contribution in [0.1, 0.15) is 0 Å². The van der Waals surface area contributed by atoms with Crippen LogP contribution < -0.4 is 5.32 Å². The van der Waals surface area contributed by atoms with Gasteiger partial charge in [0.05, 0.1) is 0 Å². The third-order valence-electron chi connectivity index (χ3n) is 1.76. The van der Waals surface area contributed by atoms with E-state index < -0.39 is 28.8 Å². The van der Waals surface area contributed by atoms with Crippen LogP contribution in [0.25, 0.3) is 0 Å². The van der Waals surface area contributed by atoms with E-state index in [0.717, 1.165) is 0 Å². The summed E-state index contributed by atoms with van der Waals surface area (Å²) in [5, 5.41) is 10.8. The molecule has 17 heavy (non-hydrogen) atoms. The average molecular weight is 383 g/mol. The van der Waals surface area contributed by atoms with Crippen molar-refractivity contribution in [2.75, 3.05) is 6.54 Å². The van der Waals surface area contributed by atoms with Crippen molar-refractivity contribution in [1.29, 1.82) is 0 Å². The molecule has 2 N–H and O–H groups in total. The molecule has 0 aromatic heterocycles. The first-order valence-corrected chi connectivity index (χ1v) is 10.4. The minimum atomic E-state index is -3.27. The SMILES string of the molecule is O=C(O)NCC[As]S(=O)(=O)c1ccccc1Br. The molecule has 0 aliphatic rings. The van der Waals surface area contributed by atoms with E-state index in [4.69, 9.17) is 5.11 Å². The van der Waals surface area contributed by atoms with E-state index >= 15 is 0 Å². The molecule has 0 saturated carbocycles. The number of halogens is 1. The number of hydrogen-bond acceptors (Lipinski definition) is 3. The molecule has 0 saturated heterocycles. The van der Waals surface area contributed by atoms with Crippen LogP contribution in [0.4, 0.5) is 4.79 Å². The quantitative estimate of drug-likeness (QED) is 0.597. The van der Waals surface area contributed by atoms with Crippen LogP contribution in [-0.2, 0) is 8.10 Å².